The molecule has 2 heterocycles. The Labute approximate surface area is 131 Å². The van der Waals surface area contributed by atoms with E-state index in [9.17, 15) is 9.50 Å². The zero-order valence-corrected chi connectivity index (χ0v) is 12.1. The molecule has 0 spiro atoms. The number of phenolic OH excluding ortho intramolecular Hbond substituents is 1. The Kier molecular flexibility index (Phi) is 3.15. The van der Waals surface area contributed by atoms with Gasteiger partial charge in [-0.15, -0.1) is 0 Å². The molecule has 0 radical (unpaired) electrons. The van der Waals surface area contributed by atoms with E-state index in [-0.39, 0.29) is 17.6 Å². The summed E-state index contributed by atoms with van der Waals surface area (Å²) in [7, 11) is 0. The predicted octanol–water partition coefficient (Wildman–Crippen LogP) is 3.24. The zero-order valence-electron chi connectivity index (χ0n) is 12.1. The van der Waals surface area contributed by atoms with Gasteiger partial charge in [0.1, 0.15) is 17.9 Å². The fourth-order valence-corrected chi connectivity index (χ4v) is 2.81. The van der Waals surface area contributed by atoms with Crippen molar-refractivity contribution in [3.8, 4) is 5.75 Å². The number of rotatable bonds is 2. The van der Waals surface area contributed by atoms with Gasteiger partial charge in [-0.2, -0.15) is 10.1 Å². The first-order valence-corrected chi connectivity index (χ1v) is 7.23. The highest BCUT2D eigenvalue weighted by Crippen LogP contribution is 2.33. The number of aromatic nitrogens is 3. The highest BCUT2D eigenvalue weighted by Gasteiger charge is 2.27. The van der Waals surface area contributed by atoms with Gasteiger partial charge in [-0.25, -0.2) is 14.1 Å². The Bertz CT molecular complexity index is 886. The number of aliphatic imine (C=N–C) groups is 1. The van der Waals surface area contributed by atoms with E-state index in [0.717, 1.165) is 11.3 Å². The quantitative estimate of drug-likeness (QED) is 0.790. The highest BCUT2D eigenvalue weighted by molar-refractivity contribution is 6.04. The molecule has 114 valence electrons. The lowest BCUT2D eigenvalue weighted by molar-refractivity contribution is 0.472. The number of hydrogen-bond donors (Lipinski definition) is 1. The van der Waals surface area contributed by atoms with E-state index in [1.54, 1.807) is 28.9 Å². The third-order valence-corrected chi connectivity index (χ3v) is 3.94. The van der Waals surface area contributed by atoms with Crippen LogP contribution < -0.4 is 0 Å². The SMILES string of the molecule is Oc1ccccc1C1=Nc2ncnn2[C@H](c2ccc(F)cc2)C1. The molecule has 23 heavy (non-hydrogen) atoms. The van der Waals surface area contributed by atoms with Crippen molar-refractivity contribution >= 4 is 11.7 Å². The summed E-state index contributed by atoms with van der Waals surface area (Å²) in [6.45, 7) is 0. The van der Waals surface area contributed by atoms with Gasteiger partial charge >= 0.3 is 0 Å². The maximum atomic E-state index is 13.2. The van der Waals surface area contributed by atoms with Crippen molar-refractivity contribution < 1.29 is 9.50 Å². The average molecular weight is 308 g/mol. The second-order valence-electron chi connectivity index (χ2n) is 5.35. The van der Waals surface area contributed by atoms with Crippen LogP contribution >= 0.6 is 0 Å². The summed E-state index contributed by atoms with van der Waals surface area (Å²) in [5.41, 5.74) is 2.33. The summed E-state index contributed by atoms with van der Waals surface area (Å²) >= 11 is 0. The van der Waals surface area contributed by atoms with Gasteiger partial charge in [0.05, 0.1) is 11.8 Å². The molecular weight excluding hydrogens is 295 g/mol. The minimum absolute atomic E-state index is 0.139. The van der Waals surface area contributed by atoms with Crippen molar-refractivity contribution in [1.82, 2.24) is 14.8 Å². The van der Waals surface area contributed by atoms with Crippen LogP contribution in [0.1, 0.15) is 23.6 Å². The second kappa shape index (κ2) is 5.31. The van der Waals surface area contributed by atoms with Gasteiger partial charge in [-0.05, 0) is 29.8 Å². The first-order valence-electron chi connectivity index (χ1n) is 7.23. The molecule has 0 bridgehead atoms. The summed E-state index contributed by atoms with van der Waals surface area (Å²) in [6.07, 6.45) is 1.99. The molecule has 0 unspecified atom stereocenters. The van der Waals surface area contributed by atoms with Gasteiger partial charge < -0.3 is 5.11 Å². The predicted molar refractivity (Wildman–Crippen MR) is 83.5 cm³/mol. The van der Waals surface area contributed by atoms with Crippen LogP contribution in [0.15, 0.2) is 59.9 Å². The van der Waals surface area contributed by atoms with Gasteiger partial charge in [0.15, 0.2) is 0 Å². The first kappa shape index (κ1) is 13.6. The molecule has 1 atom stereocenters. The summed E-state index contributed by atoms with van der Waals surface area (Å²) in [5, 5.41) is 14.3. The third kappa shape index (κ3) is 2.38. The summed E-state index contributed by atoms with van der Waals surface area (Å²) < 4.78 is 14.9. The van der Waals surface area contributed by atoms with Crippen LogP contribution in [-0.4, -0.2) is 25.6 Å². The van der Waals surface area contributed by atoms with Gasteiger partial charge in [0.2, 0.25) is 5.95 Å². The number of benzene rings is 2. The fraction of sp³-hybridized carbons (Fsp3) is 0.118. The molecule has 2 aromatic carbocycles. The zero-order chi connectivity index (χ0) is 15.8. The molecule has 0 aliphatic carbocycles. The summed E-state index contributed by atoms with van der Waals surface area (Å²) in [6, 6.07) is 13.3. The van der Waals surface area contributed by atoms with Crippen molar-refractivity contribution in [2.24, 2.45) is 4.99 Å². The van der Waals surface area contributed by atoms with Crippen LogP contribution in [0.25, 0.3) is 0 Å². The van der Waals surface area contributed by atoms with Gasteiger partial charge in [0, 0.05) is 12.0 Å². The van der Waals surface area contributed by atoms with Crippen molar-refractivity contribution in [1.29, 1.82) is 0 Å². The first-order chi connectivity index (χ1) is 11.2. The molecular formula is C17H13FN4O. The molecule has 3 aromatic rings. The average Bonchev–Trinajstić information content (AvgIpc) is 3.04. The molecule has 6 heteroatoms. The van der Waals surface area contributed by atoms with Crippen molar-refractivity contribution in [2.45, 2.75) is 12.5 Å². The summed E-state index contributed by atoms with van der Waals surface area (Å²) in [5.74, 6) is 0.374. The summed E-state index contributed by atoms with van der Waals surface area (Å²) in [4.78, 5) is 8.67. The number of hydrogen-bond acceptors (Lipinski definition) is 4. The fourth-order valence-electron chi connectivity index (χ4n) is 2.81. The number of aromatic hydroxyl groups is 1. The molecule has 0 fully saturated rings. The molecule has 4 rings (SSSR count). The second-order valence-corrected chi connectivity index (χ2v) is 5.35. The van der Waals surface area contributed by atoms with E-state index in [1.807, 2.05) is 12.1 Å². The van der Waals surface area contributed by atoms with Crippen LogP contribution in [0.4, 0.5) is 10.3 Å². The van der Waals surface area contributed by atoms with Crippen molar-refractivity contribution in [3.05, 3.63) is 71.8 Å². The number of phenols is 1. The van der Waals surface area contributed by atoms with E-state index in [2.05, 4.69) is 15.1 Å². The molecule has 5 nitrogen and oxygen atoms in total. The van der Waals surface area contributed by atoms with Gasteiger partial charge in [-0.1, -0.05) is 24.3 Å². The number of nitrogens with zero attached hydrogens (tertiary/aromatic N) is 4. The Morgan fingerprint density at radius 2 is 1.87 bits per heavy atom. The van der Waals surface area contributed by atoms with E-state index >= 15 is 0 Å². The number of para-hydroxylation sites is 1. The normalized spacial score (nSPS) is 16.7. The van der Waals surface area contributed by atoms with Gasteiger partial charge in [-0.3, -0.25) is 0 Å². The van der Waals surface area contributed by atoms with E-state index in [1.165, 1.54) is 18.5 Å². The molecule has 1 N–H and O–H groups in total. The number of fused-ring (bicyclic) bond motifs is 1. The Morgan fingerprint density at radius 3 is 2.65 bits per heavy atom. The third-order valence-electron chi connectivity index (χ3n) is 3.94. The van der Waals surface area contributed by atoms with Crippen molar-refractivity contribution in [3.63, 3.8) is 0 Å². The molecule has 1 aliphatic heterocycles. The monoisotopic (exact) mass is 308 g/mol. The molecule has 1 aromatic heterocycles. The van der Waals surface area contributed by atoms with Crippen LogP contribution in [0.2, 0.25) is 0 Å². The minimum atomic E-state index is -0.280. The lowest BCUT2D eigenvalue weighted by Gasteiger charge is -2.24. The lowest BCUT2D eigenvalue weighted by atomic mass is 9.95. The molecule has 0 amide bonds. The van der Waals surface area contributed by atoms with Crippen molar-refractivity contribution in [2.75, 3.05) is 0 Å². The topological polar surface area (TPSA) is 63.3 Å². The smallest absolute Gasteiger partial charge is 0.248 e. The van der Waals surface area contributed by atoms with Gasteiger partial charge in [0.25, 0.3) is 0 Å². The van der Waals surface area contributed by atoms with Crippen LogP contribution in [0.3, 0.4) is 0 Å². The standard InChI is InChI=1S/C17H13FN4O/c18-12-7-5-11(6-8-12)15-9-14(13-3-1-2-4-16(13)23)21-17-19-10-20-22(15)17/h1-8,10,15,23H,9H2/t15-/m0/s1. The minimum Gasteiger partial charge on any atom is -0.507 e. The molecule has 0 saturated carbocycles. The maximum Gasteiger partial charge on any atom is 0.248 e. The Morgan fingerprint density at radius 1 is 1.09 bits per heavy atom. The molecule has 1 aliphatic rings. The lowest BCUT2D eigenvalue weighted by Crippen LogP contribution is -2.21. The highest BCUT2D eigenvalue weighted by atomic mass is 19.1. The van der Waals surface area contributed by atoms with E-state index in [0.29, 0.717) is 17.9 Å². The van der Waals surface area contributed by atoms with Crippen LogP contribution in [0.5, 0.6) is 5.75 Å². The Balaban J connectivity index is 1.81. The largest absolute Gasteiger partial charge is 0.507 e. The maximum absolute atomic E-state index is 13.2. The van der Waals surface area contributed by atoms with Crippen LogP contribution in [0, 0.1) is 5.82 Å². The number of halogens is 1. The van der Waals surface area contributed by atoms with E-state index in [4.69, 9.17) is 0 Å². The Hall–Kier alpha value is -3.02. The molecule has 0 saturated heterocycles. The van der Waals surface area contributed by atoms with Crippen LogP contribution in [-0.2, 0) is 0 Å². The van der Waals surface area contributed by atoms with E-state index < -0.39 is 0 Å².